The quantitative estimate of drug-likeness (QED) is 0.860. The molecule has 116 valence electrons. The number of hydrogen-bond donors (Lipinski definition) is 2. The number of rotatable bonds is 6. The van der Waals surface area contributed by atoms with Gasteiger partial charge in [0.05, 0.1) is 12.8 Å². The van der Waals surface area contributed by atoms with Crippen molar-refractivity contribution in [2.75, 3.05) is 19.0 Å². The third kappa shape index (κ3) is 4.33. The maximum Gasteiger partial charge on any atom is 0.252 e. The summed E-state index contributed by atoms with van der Waals surface area (Å²) in [6, 6.07) is 7.32. The van der Waals surface area contributed by atoms with Crippen molar-refractivity contribution >= 4 is 28.8 Å². The number of carbonyl (C=O) groups excluding carboxylic acids is 2. The van der Waals surface area contributed by atoms with Gasteiger partial charge in [0.25, 0.3) is 5.91 Å². The molecule has 1 heterocycles. The number of thiophene rings is 1. The van der Waals surface area contributed by atoms with Gasteiger partial charge in [-0.15, -0.1) is 0 Å². The minimum Gasteiger partial charge on any atom is -0.495 e. The van der Waals surface area contributed by atoms with E-state index in [1.54, 1.807) is 18.6 Å². The molecule has 2 aromatic rings. The van der Waals surface area contributed by atoms with Gasteiger partial charge in [0.1, 0.15) is 5.75 Å². The molecule has 0 aliphatic heterocycles. The second-order valence-corrected chi connectivity index (χ2v) is 5.55. The first-order valence-corrected chi connectivity index (χ1v) is 7.79. The van der Waals surface area contributed by atoms with Crippen LogP contribution < -0.4 is 15.4 Å². The molecule has 0 saturated heterocycles. The number of nitrogens with one attached hydrogen (secondary N) is 2. The molecule has 1 aromatic carbocycles. The Balaban J connectivity index is 1.83. The lowest BCUT2D eigenvalue weighted by Gasteiger charge is -2.11. The summed E-state index contributed by atoms with van der Waals surface area (Å²) in [6.45, 7) is 2.23. The molecule has 2 N–H and O–H groups in total. The molecule has 0 saturated carbocycles. The molecular weight excluding hydrogens is 300 g/mol. The van der Waals surface area contributed by atoms with Crippen LogP contribution in [0.4, 0.5) is 5.69 Å². The van der Waals surface area contributed by atoms with Gasteiger partial charge in [-0.3, -0.25) is 9.59 Å². The van der Waals surface area contributed by atoms with Crippen LogP contribution in [0.1, 0.15) is 22.3 Å². The Kier molecular flexibility index (Phi) is 5.55. The first-order valence-electron chi connectivity index (χ1n) is 6.85. The van der Waals surface area contributed by atoms with Crippen LogP contribution in [-0.4, -0.2) is 25.5 Å². The standard InChI is InChI=1S/C16H18N2O3S/c1-11-3-4-14(21-2)13(9-11)18-15(19)5-7-17-16(20)12-6-8-22-10-12/h3-4,6,8-10H,5,7H2,1-2H3,(H,17,20)(H,18,19). The van der Waals surface area contributed by atoms with Gasteiger partial charge < -0.3 is 15.4 Å². The zero-order valence-electron chi connectivity index (χ0n) is 12.5. The minimum atomic E-state index is -0.172. The van der Waals surface area contributed by atoms with E-state index in [1.807, 2.05) is 30.5 Å². The van der Waals surface area contributed by atoms with Gasteiger partial charge in [0, 0.05) is 23.9 Å². The predicted octanol–water partition coefficient (Wildman–Crippen LogP) is 2.82. The molecule has 6 heteroatoms. The Morgan fingerprint density at radius 1 is 1.27 bits per heavy atom. The summed E-state index contributed by atoms with van der Waals surface area (Å²) in [5, 5.41) is 9.12. The van der Waals surface area contributed by atoms with Crippen LogP contribution in [-0.2, 0) is 4.79 Å². The van der Waals surface area contributed by atoms with Crippen LogP contribution >= 0.6 is 11.3 Å². The molecule has 0 aliphatic rings. The highest BCUT2D eigenvalue weighted by Gasteiger charge is 2.09. The molecule has 5 nitrogen and oxygen atoms in total. The van der Waals surface area contributed by atoms with Crippen LogP contribution in [0.3, 0.4) is 0 Å². The molecular formula is C16H18N2O3S. The summed E-state index contributed by atoms with van der Waals surface area (Å²) < 4.78 is 5.21. The summed E-state index contributed by atoms with van der Waals surface area (Å²) >= 11 is 1.46. The summed E-state index contributed by atoms with van der Waals surface area (Å²) in [6.07, 6.45) is 0.201. The Morgan fingerprint density at radius 3 is 2.77 bits per heavy atom. The molecule has 0 radical (unpaired) electrons. The number of anilines is 1. The monoisotopic (exact) mass is 318 g/mol. The van der Waals surface area contributed by atoms with Gasteiger partial charge >= 0.3 is 0 Å². The van der Waals surface area contributed by atoms with E-state index in [4.69, 9.17) is 4.74 Å². The SMILES string of the molecule is COc1ccc(C)cc1NC(=O)CCNC(=O)c1ccsc1. The first-order chi connectivity index (χ1) is 10.6. The second-order valence-electron chi connectivity index (χ2n) is 4.77. The molecule has 0 spiro atoms. The normalized spacial score (nSPS) is 10.1. The highest BCUT2D eigenvalue weighted by atomic mass is 32.1. The van der Waals surface area contributed by atoms with Crippen molar-refractivity contribution in [1.82, 2.24) is 5.32 Å². The fourth-order valence-electron chi connectivity index (χ4n) is 1.92. The van der Waals surface area contributed by atoms with Gasteiger partial charge in [0.2, 0.25) is 5.91 Å². The fourth-order valence-corrected chi connectivity index (χ4v) is 2.55. The van der Waals surface area contributed by atoms with Crippen LogP contribution in [0, 0.1) is 6.92 Å². The molecule has 0 fully saturated rings. The maximum absolute atomic E-state index is 11.9. The topological polar surface area (TPSA) is 67.4 Å². The molecule has 1 aromatic heterocycles. The number of ether oxygens (including phenoxy) is 1. The van der Waals surface area contributed by atoms with Crippen LogP contribution in [0.5, 0.6) is 5.75 Å². The molecule has 22 heavy (non-hydrogen) atoms. The Bertz CT molecular complexity index is 653. The highest BCUT2D eigenvalue weighted by molar-refractivity contribution is 7.08. The van der Waals surface area contributed by atoms with Crippen LogP contribution in [0.2, 0.25) is 0 Å². The minimum absolute atomic E-state index is 0.165. The highest BCUT2D eigenvalue weighted by Crippen LogP contribution is 2.25. The van der Waals surface area contributed by atoms with E-state index in [0.29, 0.717) is 17.0 Å². The molecule has 0 atom stereocenters. The fraction of sp³-hybridized carbons (Fsp3) is 0.250. The summed E-state index contributed by atoms with van der Waals surface area (Å²) in [5.74, 6) is 0.276. The van der Waals surface area contributed by atoms with E-state index in [1.165, 1.54) is 11.3 Å². The van der Waals surface area contributed by atoms with E-state index in [0.717, 1.165) is 5.56 Å². The number of benzene rings is 1. The van der Waals surface area contributed by atoms with E-state index in [9.17, 15) is 9.59 Å². The number of methoxy groups -OCH3 is 1. The largest absolute Gasteiger partial charge is 0.495 e. The molecule has 2 amide bonds. The number of amides is 2. The van der Waals surface area contributed by atoms with Crippen molar-refractivity contribution < 1.29 is 14.3 Å². The van der Waals surface area contributed by atoms with Crippen LogP contribution in [0.15, 0.2) is 35.0 Å². The smallest absolute Gasteiger partial charge is 0.252 e. The van der Waals surface area contributed by atoms with E-state index >= 15 is 0 Å². The average molecular weight is 318 g/mol. The lowest BCUT2D eigenvalue weighted by Crippen LogP contribution is -2.27. The van der Waals surface area contributed by atoms with Crippen molar-refractivity contribution in [3.63, 3.8) is 0 Å². The summed E-state index contributed by atoms with van der Waals surface area (Å²) in [5.41, 5.74) is 2.28. The lowest BCUT2D eigenvalue weighted by atomic mass is 10.2. The Morgan fingerprint density at radius 2 is 2.09 bits per heavy atom. The second kappa shape index (κ2) is 7.61. The number of hydrogen-bond acceptors (Lipinski definition) is 4. The number of carbonyl (C=O) groups is 2. The Hall–Kier alpha value is -2.34. The maximum atomic E-state index is 11.9. The van der Waals surface area contributed by atoms with E-state index in [-0.39, 0.29) is 24.8 Å². The van der Waals surface area contributed by atoms with Crippen molar-refractivity contribution in [2.24, 2.45) is 0 Å². The van der Waals surface area contributed by atoms with Gasteiger partial charge in [-0.05, 0) is 36.1 Å². The molecule has 0 aliphatic carbocycles. The molecule has 2 rings (SSSR count). The first kappa shape index (κ1) is 16.0. The average Bonchev–Trinajstić information content (AvgIpc) is 3.01. The van der Waals surface area contributed by atoms with Crippen molar-refractivity contribution in [1.29, 1.82) is 0 Å². The van der Waals surface area contributed by atoms with Gasteiger partial charge in [-0.1, -0.05) is 6.07 Å². The molecule has 0 bridgehead atoms. The van der Waals surface area contributed by atoms with Crippen LogP contribution in [0.25, 0.3) is 0 Å². The number of aryl methyl sites for hydroxylation is 1. The van der Waals surface area contributed by atoms with Gasteiger partial charge in [-0.2, -0.15) is 11.3 Å². The summed E-state index contributed by atoms with van der Waals surface area (Å²) in [7, 11) is 1.56. The van der Waals surface area contributed by atoms with Gasteiger partial charge in [0.15, 0.2) is 0 Å². The zero-order chi connectivity index (χ0) is 15.9. The van der Waals surface area contributed by atoms with E-state index < -0.39 is 0 Å². The summed E-state index contributed by atoms with van der Waals surface area (Å²) in [4.78, 5) is 23.7. The lowest BCUT2D eigenvalue weighted by molar-refractivity contribution is -0.116. The van der Waals surface area contributed by atoms with E-state index in [2.05, 4.69) is 10.6 Å². The third-order valence-corrected chi connectivity index (χ3v) is 3.73. The van der Waals surface area contributed by atoms with Gasteiger partial charge in [-0.25, -0.2) is 0 Å². The predicted molar refractivity (Wildman–Crippen MR) is 87.6 cm³/mol. The third-order valence-electron chi connectivity index (χ3n) is 3.05. The van der Waals surface area contributed by atoms with Crippen molar-refractivity contribution in [3.8, 4) is 5.75 Å². The molecule has 0 unspecified atom stereocenters. The zero-order valence-corrected chi connectivity index (χ0v) is 13.3. The van der Waals surface area contributed by atoms with Crippen molar-refractivity contribution in [2.45, 2.75) is 13.3 Å². The Labute approximate surface area is 133 Å². The van der Waals surface area contributed by atoms with Crippen molar-refractivity contribution in [3.05, 3.63) is 46.2 Å².